The fourth-order valence-electron chi connectivity index (χ4n) is 2.95. The molecule has 2 aliphatic heterocycles. The standard InChI is InChI=1S/C14H16N2O2/c17-13-11-8-4-5-9-16(11)12(14(18)15-13)10-6-2-1-3-7-10/h1-3,6-7,11-12H,4-5,8-9H2,(H,15,17,18)/t11-,12+/m1/s1. The Morgan fingerprint density at radius 3 is 2.61 bits per heavy atom. The van der Waals surface area contributed by atoms with Gasteiger partial charge in [0.25, 0.3) is 0 Å². The molecule has 0 bridgehead atoms. The van der Waals surface area contributed by atoms with Crippen molar-refractivity contribution >= 4 is 11.8 Å². The van der Waals surface area contributed by atoms with Crippen molar-refractivity contribution in [2.24, 2.45) is 0 Å². The summed E-state index contributed by atoms with van der Waals surface area (Å²) in [5.41, 5.74) is 0.967. The van der Waals surface area contributed by atoms with Crippen LogP contribution in [0.25, 0.3) is 0 Å². The number of benzene rings is 1. The summed E-state index contributed by atoms with van der Waals surface area (Å²) in [4.78, 5) is 26.0. The zero-order valence-electron chi connectivity index (χ0n) is 10.1. The van der Waals surface area contributed by atoms with E-state index in [0.717, 1.165) is 31.4 Å². The van der Waals surface area contributed by atoms with Crippen LogP contribution in [0.3, 0.4) is 0 Å². The van der Waals surface area contributed by atoms with Crippen LogP contribution in [0.1, 0.15) is 30.9 Å². The summed E-state index contributed by atoms with van der Waals surface area (Å²) in [7, 11) is 0. The minimum atomic E-state index is -0.311. The molecule has 94 valence electrons. The number of nitrogens with one attached hydrogen (secondary N) is 1. The number of carbonyl (C=O) groups excluding carboxylic acids is 2. The second kappa shape index (κ2) is 4.53. The number of imide groups is 1. The van der Waals surface area contributed by atoms with E-state index >= 15 is 0 Å². The highest BCUT2D eigenvalue weighted by Crippen LogP contribution is 2.31. The van der Waals surface area contributed by atoms with Crippen LogP contribution in [0.15, 0.2) is 30.3 Å². The lowest BCUT2D eigenvalue weighted by molar-refractivity contribution is -0.146. The van der Waals surface area contributed by atoms with Crippen molar-refractivity contribution in [1.82, 2.24) is 10.2 Å². The number of piperazine rings is 1. The quantitative estimate of drug-likeness (QED) is 0.756. The zero-order valence-corrected chi connectivity index (χ0v) is 10.1. The Labute approximate surface area is 106 Å². The maximum atomic E-state index is 12.1. The lowest BCUT2D eigenvalue weighted by atomic mass is 9.92. The van der Waals surface area contributed by atoms with Crippen molar-refractivity contribution < 1.29 is 9.59 Å². The number of hydrogen-bond donors (Lipinski definition) is 1. The molecule has 4 heteroatoms. The largest absolute Gasteiger partial charge is 0.293 e. The van der Waals surface area contributed by atoms with Gasteiger partial charge in [-0.2, -0.15) is 0 Å². The Balaban J connectivity index is 1.96. The third kappa shape index (κ3) is 1.82. The van der Waals surface area contributed by atoms with Gasteiger partial charge >= 0.3 is 0 Å². The number of hydrogen-bond acceptors (Lipinski definition) is 3. The lowest BCUT2D eigenvalue weighted by Crippen LogP contribution is -2.60. The third-order valence-corrected chi connectivity index (χ3v) is 3.79. The highest BCUT2D eigenvalue weighted by molar-refractivity contribution is 6.03. The van der Waals surface area contributed by atoms with Crippen LogP contribution >= 0.6 is 0 Å². The van der Waals surface area contributed by atoms with Crippen molar-refractivity contribution in [2.75, 3.05) is 6.54 Å². The van der Waals surface area contributed by atoms with Crippen molar-refractivity contribution in [2.45, 2.75) is 31.3 Å². The number of amides is 2. The Hall–Kier alpha value is -1.68. The van der Waals surface area contributed by atoms with Crippen molar-refractivity contribution in [3.05, 3.63) is 35.9 Å². The van der Waals surface area contributed by atoms with E-state index in [0.29, 0.717) is 0 Å². The minimum Gasteiger partial charge on any atom is -0.293 e. The molecule has 0 aromatic heterocycles. The molecule has 1 aromatic rings. The van der Waals surface area contributed by atoms with Crippen LogP contribution in [0, 0.1) is 0 Å². The van der Waals surface area contributed by atoms with Crippen molar-refractivity contribution in [3.8, 4) is 0 Å². The minimum absolute atomic E-state index is 0.133. The fraction of sp³-hybridized carbons (Fsp3) is 0.429. The fourth-order valence-corrected chi connectivity index (χ4v) is 2.95. The lowest BCUT2D eigenvalue weighted by Gasteiger charge is -2.43. The van der Waals surface area contributed by atoms with Gasteiger partial charge in [0.1, 0.15) is 6.04 Å². The van der Waals surface area contributed by atoms with Gasteiger partial charge in [0.05, 0.1) is 6.04 Å². The molecule has 1 N–H and O–H groups in total. The number of fused-ring (bicyclic) bond motifs is 1. The molecule has 2 saturated heterocycles. The first kappa shape index (κ1) is 11.4. The number of rotatable bonds is 1. The molecule has 0 aliphatic carbocycles. The van der Waals surface area contributed by atoms with E-state index in [1.807, 2.05) is 30.3 Å². The molecule has 0 spiro atoms. The summed E-state index contributed by atoms with van der Waals surface area (Å²) >= 11 is 0. The molecule has 2 aliphatic rings. The summed E-state index contributed by atoms with van der Waals surface area (Å²) in [6, 6.07) is 9.24. The Kier molecular flexibility index (Phi) is 2.88. The van der Waals surface area contributed by atoms with Crippen LogP contribution in [0.4, 0.5) is 0 Å². The molecule has 0 saturated carbocycles. The molecule has 0 unspecified atom stereocenters. The van der Waals surface area contributed by atoms with E-state index in [9.17, 15) is 9.59 Å². The van der Waals surface area contributed by atoms with E-state index in [1.165, 1.54) is 0 Å². The Morgan fingerprint density at radius 2 is 1.83 bits per heavy atom. The molecule has 2 fully saturated rings. The molecule has 0 radical (unpaired) electrons. The van der Waals surface area contributed by atoms with Crippen LogP contribution in [0.5, 0.6) is 0 Å². The first-order chi connectivity index (χ1) is 8.77. The monoisotopic (exact) mass is 244 g/mol. The van der Waals surface area contributed by atoms with E-state index < -0.39 is 0 Å². The van der Waals surface area contributed by atoms with Gasteiger partial charge in [0.2, 0.25) is 11.8 Å². The van der Waals surface area contributed by atoms with Crippen LogP contribution < -0.4 is 5.32 Å². The second-order valence-electron chi connectivity index (χ2n) is 4.92. The molecule has 4 nitrogen and oxygen atoms in total. The average Bonchev–Trinajstić information content (AvgIpc) is 2.40. The van der Waals surface area contributed by atoms with E-state index in [1.54, 1.807) is 0 Å². The van der Waals surface area contributed by atoms with Gasteiger partial charge in [0, 0.05) is 6.54 Å². The molecule has 18 heavy (non-hydrogen) atoms. The summed E-state index contributed by atoms with van der Waals surface area (Å²) < 4.78 is 0. The van der Waals surface area contributed by atoms with E-state index in [4.69, 9.17) is 0 Å². The Morgan fingerprint density at radius 1 is 1.06 bits per heavy atom. The van der Waals surface area contributed by atoms with Crippen LogP contribution in [-0.4, -0.2) is 29.3 Å². The average molecular weight is 244 g/mol. The van der Waals surface area contributed by atoms with Crippen molar-refractivity contribution in [1.29, 1.82) is 0 Å². The number of carbonyl (C=O) groups is 2. The molecular weight excluding hydrogens is 228 g/mol. The van der Waals surface area contributed by atoms with Gasteiger partial charge in [-0.3, -0.25) is 19.8 Å². The van der Waals surface area contributed by atoms with Gasteiger partial charge in [-0.25, -0.2) is 0 Å². The summed E-state index contributed by atoms with van der Waals surface area (Å²) in [6.07, 6.45) is 2.97. The Bertz CT molecular complexity index is 472. The number of nitrogens with zero attached hydrogens (tertiary/aromatic N) is 1. The molecule has 2 heterocycles. The summed E-state index contributed by atoms with van der Waals surface area (Å²) in [5.74, 6) is -0.323. The van der Waals surface area contributed by atoms with Gasteiger partial charge in [-0.05, 0) is 18.4 Å². The first-order valence-electron chi connectivity index (χ1n) is 6.43. The highest BCUT2D eigenvalue weighted by Gasteiger charge is 2.42. The van der Waals surface area contributed by atoms with Gasteiger partial charge in [-0.1, -0.05) is 36.8 Å². The van der Waals surface area contributed by atoms with Crippen LogP contribution in [-0.2, 0) is 9.59 Å². The normalized spacial score (nSPS) is 28.7. The maximum Gasteiger partial charge on any atom is 0.248 e. The predicted octanol–water partition coefficient (Wildman–Crippen LogP) is 1.24. The van der Waals surface area contributed by atoms with Gasteiger partial charge < -0.3 is 0 Å². The van der Waals surface area contributed by atoms with Crippen molar-refractivity contribution in [3.63, 3.8) is 0 Å². The second-order valence-corrected chi connectivity index (χ2v) is 4.92. The maximum absolute atomic E-state index is 12.1. The predicted molar refractivity (Wildman–Crippen MR) is 66.7 cm³/mol. The summed E-state index contributed by atoms with van der Waals surface area (Å²) in [6.45, 7) is 0.823. The highest BCUT2D eigenvalue weighted by atomic mass is 16.2. The van der Waals surface area contributed by atoms with Crippen LogP contribution in [0.2, 0.25) is 0 Å². The smallest absolute Gasteiger partial charge is 0.248 e. The first-order valence-corrected chi connectivity index (χ1v) is 6.43. The molecular formula is C14H16N2O2. The van der Waals surface area contributed by atoms with E-state index in [2.05, 4.69) is 10.2 Å². The molecule has 2 amide bonds. The molecule has 3 rings (SSSR count). The summed E-state index contributed by atoms with van der Waals surface area (Å²) in [5, 5.41) is 2.51. The zero-order chi connectivity index (χ0) is 12.5. The topological polar surface area (TPSA) is 49.4 Å². The number of piperidine rings is 1. The third-order valence-electron chi connectivity index (χ3n) is 3.79. The van der Waals surface area contributed by atoms with Gasteiger partial charge in [-0.15, -0.1) is 0 Å². The molecule has 2 atom stereocenters. The van der Waals surface area contributed by atoms with Gasteiger partial charge in [0.15, 0.2) is 0 Å². The SMILES string of the molecule is O=C1NC(=O)[C@H](c2ccccc2)N2CCCC[C@H]12. The molecule has 1 aromatic carbocycles. The van der Waals surface area contributed by atoms with E-state index in [-0.39, 0.29) is 23.9 Å².